The van der Waals surface area contributed by atoms with Crippen molar-refractivity contribution < 1.29 is 14.3 Å². The number of benzene rings is 1. The van der Waals surface area contributed by atoms with Gasteiger partial charge in [-0.25, -0.2) is 4.79 Å². The average Bonchev–Trinajstić information content (AvgIpc) is 2.68. The molecule has 1 saturated heterocycles. The van der Waals surface area contributed by atoms with Crippen LogP contribution in [0.4, 0.5) is 4.79 Å². The number of hydrogen-bond acceptors (Lipinski definition) is 3. The number of ether oxygens (including phenoxy) is 2. The predicted molar refractivity (Wildman–Crippen MR) is 108 cm³/mol. The molecule has 1 saturated carbocycles. The molecular formula is C23H35NO3. The summed E-state index contributed by atoms with van der Waals surface area (Å²) in [6.07, 6.45) is 5.86. The lowest BCUT2D eigenvalue weighted by Gasteiger charge is -2.45. The average molecular weight is 374 g/mol. The molecule has 4 heteroatoms. The van der Waals surface area contributed by atoms with Gasteiger partial charge in [0.05, 0.1) is 0 Å². The Kier molecular flexibility index (Phi) is 6.46. The molecule has 0 aromatic heterocycles. The smallest absolute Gasteiger partial charge is 0.412 e. The molecule has 2 aliphatic rings. The molecule has 1 aliphatic carbocycles. The number of rotatable bonds is 4. The van der Waals surface area contributed by atoms with E-state index in [1.807, 2.05) is 0 Å². The summed E-state index contributed by atoms with van der Waals surface area (Å²) in [7, 11) is 1.68. The summed E-state index contributed by atoms with van der Waals surface area (Å²) in [6, 6.07) is 10.6. The highest BCUT2D eigenvalue weighted by Crippen LogP contribution is 2.43. The molecule has 150 valence electrons. The van der Waals surface area contributed by atoms with Gasteiger partial charge in [-0.3, -0.25) is 4.90 Å². The lowest BCUT2D eigenvalue weighted by atomic mass is 9.64. The molecule has 2 fully saturated rings. The molecule has 0 bridgehead atoms. The second-order valence-electron chi connectivity index (χ2n) is 8.91. The zero-order chi connectivity index (χ0) is 19.4. The highest BCUT2D eigenvalue weighted by Gasteiger charge is 2.43. The van der Waals surface area contributed by atoms with Gasteiger partial charge in [-0.2, -0.15) is 0 Å². The summed E-state index contributed by atoms with van der Waals surface area (Å²) in [4.78, 5) is 14.8. The van der Waals surface area contributed by atoms with Gasteiger partial charge in [0.1, 0.15) is 12.3 Å². The van der Waals surface area contributed by atoms with Gasteiger partial charge < -0.3 is 9.47 Å². The standard InChI is InChI=1S/C23H35NO3/c1-17-13-14-19(23(2,3)18-10-6-5-7-11-18)20(16-17)27-22(25)24-15-9-8-12-21(24)26-4/h5-7,10-11,17,19-21H,8-9,12-16H2,1-4H3. The van der Waals surface area contributed by atoms with Crippen LogP contribution in [0.3, 0.4) is 0 Å². The number of carbonyl (C=O) groups excluding carboxylic acids is 1. The normalized spacial score (nSPS) is 29.4. The Labute approximate surface area is 164 Å². The van der Waals surface area contributed by atoms with Crippen molar-refractivity contribution in [3.63, 3.8) is 0 Å². The van der Waals surface area contributed by atoms with Gasteiger partial charge >= 0.3 is 6.09 Å². The quantitative estimate of drug-likeness (QED) is 0.713. The Balaban J connectivity index is 1.77. The van der Waals surface area contributed by atoms with E-state index < -0.39 is 0 Å². The van der Waals surface area contributed by atoms with Crippen LogP contribution >= 0.6 is 0 Å². The largest absolute Gasteiger partial charge is 0.446 e. The van der Waals surface area contributed by atoms with Crippen molar-refractivity contribution in [2.45, 2.75) is 77.0 Å². The van der Waals surface area contributed by atoms with E-state index >= 15 is 0 Å². The summed E-state index contributed by atoms with van der Waals surface area (Å²) in [5.74, 6) is 0.913. The number of carbonyl (C=O) groups is 1. The molecule has 1 heterocycles. The molecule has 27 heavy (non-hydrogen) atoms. The SMILES string of the molecule is COC1CCCCN1C(=O)OC1CC(C)CCC1C(C)(C)c1ccccc1. The summed E-state index contributed by atoms with van der Waals surface area (Å²) >= 11 is 0. The number of hydrogen-bond donors (Lipinski definition) is 0. The summed E-state index contributed by atoms with van der Waals surface area (Å²) in [5.41, 5.74) is 1.29. The topological polar surface area (TPSA) is 38.8 Å². The Morgan fingerprint density at radius 3 is 2.56 bits per heavy atom. The Morgan fingerprint density at radius 1 is 1.11 bits per heavy atom. The molecule has 0 N–H and O–H groups in total. The molecule has 1 aliphatic heterocycles. The Hall–Kier alpha value is -1.55. The van der Waals surface area contributed by atoms with Crippen LogP contribution < -0.4 is 0 Å². The molecule has 4 atom stereocenters. The summed E-state index contributed by atoms with van der Waals surface area (Å²) in [6.45, 7) is 7.59. The zero-order valence-corrected chi connectivity index (χ0v) is 17.3. The minimum absolute atomic E-state index is 0.0328. The van der Waals surface area contributed by atoms with Crippen LogP contribution in [-0.2, 0) is 14.9 Å². The van der Waals surface area contributed by atoms with E-state index in [-0.39, 0.29) is 23.8 Å². The van der Waals surface area contributed by atoms with Crippen LogP contribution in [-0.4, -0.2) is 37.0 Å². The second-order valence-corrected chi connectivity index (χ2v) is 8.91. The van der Waals surface area contributed by atoms with Gasteiger partial charge in [-0.1, -0.05) is 57.5 Å². The van der Waals surface area contributed by atoms with Gasteiger partial charge in [0.15, 0.2) is 0 Å². The van der Waals surface area contributed by atoms with E-state index in [4.69, 9.17) is 9.47 Å². The van der Waals surface area contributed by atoms with E-state index in [1.165, 1.54) is 12.0 Å². The van der Waals surface area contributed by atoms with E-state index in [0.717, 1.165) is 38.6 Å². The Morgan fingerprint density at radius 2 is 1.85 bits per heavy atom. The zero-order valence-electron chi connectivity index (χ0n) is 17.3. The first-order valence-electron chi connectivity index (χ1n) is 10.5. The maximum absolute atomic E-state index is 13.0. The molecule has 1 aromatic carbocycles. The molecule has 3 rings (SSSR count). The molecule has 4 unspecified atom stereocenters. The third-order valence-corrected chi connectivity index (χ3v) is 6.71. The highest BCUT2D eigenvalue weighted by molar-refractivity contribution is 5.68. The van der Waals surface area contributed by atoms with Crippen LogP contribution in [0.5, 0.6) is 0 Å². The van der Waals surface area contributed by atoms with E-state index in [2.05, 4.69) is 51.1 Å². The van der Waals surface area contributed by atoms with Crippen molar-refractivity contribution in [1.29, 1.82) is 0 Å². The van der Waals surface area contributed by atoms with Crippen LogP contribution in [0.25, 0.3) is 0 Å². The predicted octanol–water partition coefficient (Wildman–Crippen LogP) is 5.36. The molecule has 4 nitrogen and oxygen atoms in total. The fourth-order valence-corrected chi connectivity index (χ4v) is 4.92. The highest BCUT2D eigenvalue weighted by atomic mass is 16.6. The Bertz CT molecular complexity index is 615. The fraction of sp³-hybridized carbons (Fsp3) is 0.696. The molecule has 0 spiro atoms. The van der Waals surface area contributed by atoms with Gasteiger partial charge in [0, 0.05) is 19.6 Å². The first kappa shape index (κ1) is 20.2. The van der Waals surface area contributed by atoms with Crippen LogP contribution in [0.1, 0.15) is 64.9 Å². The number of methoxy groups -OCH3 is 1. The van der Waals surface area contributed by atoms with E-state index in [1.54, 1.807) is 12.0 Å². The monoisotopic (exact) mass is 373 g/mol. The van der Waals surface area contributed by atoms with Gasteiger partial charge in [-0.05, 0) is 49.0 Å². The molecular weight excluding hydrogens is 338 g/mol. The van der Waals surface area contributed by atoms with Gasteiger partial charge in [0.2, 0.25) is 0 Å². The lowest BCUT2D eigenvalue weighted by Crippen LogP contribution is -2.49. The van der Waals surface area contributed by atoms with Crippen molar-refractivity contribution in [2.24, 2.45) is 11.8 Å². The maximum Gasteiger partial charge on any atom is 0.412 e. The van der Waals surface area contributed by atoms with Crippen molar-refractivity contribution >= 4 is 6.09 Å². The minimum Gasteiger partial charge on any atom is -0.446 e. The first-order chi connectivity index (χ1) is 12.9. The van der Waals surface area contributed by atoms with Crippen LogP contribution in [0.2, 0.25) is 0 Å². The lowest BCUT2D eigenvalue weighted by molar-refractivity contribution is -0.0732. The van der Waals surface area contributed by atoms with E-state index in [0.29, 0.717) is 11.8 Å². The minimum atomic E-state index is -0.200. The summed E-state index contributed by atoms with van der Waals surface area (Å²) in [5, 5.41) is 0. The third kappa shape index (κ3) is 4.48. The van der Waals surface area contributed by atoms with Crippen molar-refractivity contribution in [1.82, 2.24) is 4.90 Å². The maximum atomic E-state index is 13.0. The molecule has 1 amide bonds. The van der Waals surface area contributed by atoms with Crippen molar-refractivity contribution in [3.05, 3.63) is 35.9 Å². The van der Waals surface area contributed by atoms with Crippen molar-refractivity contribution in [2.75, 3.05) is 13.7 Å². The third-order valence-electron chi connectivity index (χ3n) is 6.71. The van der Waals surface area contributed by atoms with Gasteiger partial charge in [-0.15, -0.1) is 0 Å². The van der Waals surface area contributed by atoms with Crippen LogP contribution in [0.15, 0.2) is 30.3 Å². The number of nitrogens with zero attached hydrogens (tertiary/aromatic N) is 1. The molecule has 1 aromatic rings. The van der Waals surface area contributed by atoms with E-state index in [9.17, 15) is 4.79 Å². The van der Waals surface area contributed by atoms with Crippen molar-refractivity contribution in [3.8, 4) is 0 Å². The second kappa shape index (κ2) is 8.64. The molecule has 0 radical (unpaired) electrons. The van der Waals surface area contributed by atoms with Crippen LogP contribution in [0, 0.1) is 11.8 Å². The number of likely N-dealkylation sites (tertiary alicyclic amines) is 1. The number of amides is 1. The van der Waals surface area contributed by atoms with Gasteiger partial charge in [0.25, 0.3) is 0 Å². The number of piperidine rings is 1. The first-order valence-corrected chi connectivity index (χ1v) is 10.5. The fourth-order valence-electron chi connectivity index (χ4n) is 4.92. The summed E-state index contributed by atoms with van der Waals surface area (Å²) < 4.78 is 11.7.